The molecule has 98 valence electrons. The topological polar surface area (TPSA) is 41.6 Å². The van der Waals surface area contributed by atoms with E-state index in [-0.39, 0.29) is 0 Å². The van der Waals surface area contributed by atoms with Crippen LogP contribution in [0.15, 0.2) is 42.5 Å². The first-order valence-electron chi connectivity index (χ1n) is 6.59. The molecule has 0 aliphatic rings. The molecule has 20 heavy (non-hydrogen) atoms. The highest BCUT2D eigenvalue weighted by atomic mass is 15.1. The van der Waals surface area contributed by atoms with Crippen LogP contribution in [0.4, 0.5) is 0 Å². The molecule has 0 aliphatic carbocycles. The third-order valence-corrected chi connectivity index (χ3v) is 3.71. The zero-order valence-electron chi connectivity index (χ0n) is 11.6. The van der Waals surface area contributed by atoms with E-state index in [0.717, 1.165) is 23.3 Å². The Kier molecular flexibility index (Phi) is 3.00. The molecule has 0 N–H and O–H groups in total. The summed E-state index contributed by atoms with van der Waals surface area (Å²) >= 11 is 0. The van der Waals surface area contributed by atoms with Crippen molar-refractivity contribution in [1.29, 1.82) is 5.26 Å². The molecule has 1 heterocycles. The van der Waals surface area contributed by atoms with Gasteiger partial charge in [-0.1, -0.05) is 24.3 Å². The van der Waals surface area contributed by atoms with Crippen LogP contribution in [0, 0.1) is 18.3 Å². The number of hydrogen-bond donors (Lipinski definition) is 0. The normalized spacial score (nSPS) is 10.7. The third-order valence-electron chi connectivity index (χ3n) is 3.71. The van der Waals surface area contributed by atoms with Crippen molar-refractivity contribution < 1.29 is 0 Å². The van der Waals surface area contributed by atoms with Crippen LogP contribution in [0.25, 0.3) is 11.0 Å². The Bertz CT molecular complexity index is 822. The largest absolute Gasteiger partial charge is 0.331 e. The molecule has 0 atom stereocenters. The minimum Gasteiger partial charge on any atom is -0.331 e. The minimum atomic E-state index is 0.669. The SMILES string of the molecule is Cc1ccccc1Cc1nc2ccc(C#N)cc2n1C. The number of fused-ring (bicyclic) bond motifs is 1. The Morgan fingerprint density at radius 3 is 2.75 bits per heavy atom. The average Bonchev–Trinajstić information content (AvgIpc) is 2.77. The van der Waals surface area contributed by atoms with Crippen molar-refractivity contribution in [2.45, 2.75) is 13.3 Å². The van der Waals surface area contributed by atoms with Crippen molar-refractivity contribution in [1.82, 2.24) is 9.55 Å². The van der Waals surface area contributed by atoms with Gasteiger partial charge in [-0.15, -0.1) is 0 Å². The lowest BCUT2D eigenvalue weighted by Crippen LogP contribution is -2.00. The van der Waals surface area contributed by atoms with Gasteiger partial charge < -0.3 is 4.57 Å². The van der Waals surface area contributed by atoms with Gasteiger partial charge in [0.15, 0.2) is 0 Å². The molecule has 0 amide bonds. The number of aryl methyl sites for hydroxylation is 2. The van der Waals surface area contributed by atoms with Gasteiger partial charge in [0.2, 0.25) is 0 Å². The number of nitrogens with zero attached hydrogens (tertiary/aromatic N) is 3. The van der Waals surface area contributed by atoms with Crippen molar-refractivity contribution in [2.75, 3.05) is 0 Å². The maximum Gasteiger partial charge on any atom is 0.114 e. The molecule has 0 saturated heterocycles. The zero-order chi connectivity index (χ0) is 14.1. The third kappa shape index (κ3) is 2.06. The monoisotopic (exact) mass is 261 g/mol. The van der Waals surface area contributed by atoms with Crippen LogP contribution in [-0.2, 0) is 13.5 Å². The fourth-order valence-corrected chi connectivity index (χ4v) is 2.45. The first kappa shape index (κ1) is 12.4. The number of imidazole rings is 1. The Morgan fingerprint density at radius 1 is 1.20 bits per heavy atom. The Labute approximate surface area is 118 Å². The second kappa shape index (κ2) is 4.82. The fourth-order valence-electron chi connectivity index (χ4n) is 2.45. The summed E-state index contributed by atoms with van der Waals surface area (Å²) in [6.45, 7) is 2.12. The summed E-state index contributed by atoms with van der Waals surface area (Å²) in [5.74, 6) is 1.02. The molecule has 0 saturated carbocycles. The lowest BCUT2D eigenvalue weighted by Gasteiger charge is -2.05. The van der Waals surface area contributed by atoms with Crippen LogP contribution in [0.1, 0.15) is 22.5 Å². The van der Waals surface area contributed by atoms with E-state index in [0.29, 0.717) is 5.56 Å². The Morgan fingerprint density at radius 2 is 2.00 bits per heavy atom. The summed E-state index contributed by atoms with van der Waals surface area (Å²) < 4.78 is 2.07. The minimum absolute atomic E-state index is 0.669. The maximum atomic E-state index is 8.99. The molecular formula is C17H15N3. The van der Waals surface area contributed by atoms with Crippen LogP contribution >= 0.6 is 0 Å². The molecule has 0 spiro atoms. The smallest absolute Gasteiger partial charge is 0.114 e. The number of rotatable bonds is 2. The molecule has 0 radical (unpaired) electrons. The van der Waals surface area contributed by atoms with Crippen molar-refractivity contribution in [3.8, 4) is 6.07 Å². The second-order valence-electron chi connectivity index (χ2n) is 5.01. The quantitative estimate of drug-likeness (QED) is 0.710. The maximum absolute atomic E-state index is 8.99. The molecule has 0 fully saturated rings. The molecule has 0 bridgehead atoms. The molecule has 3 aromatic rings. The van der Waals surface area contributed by atoms with Gasteiger partial charge in [-0.3, -0.25) is 0 Å². The van der Waals surface area contributed by atoms with Crippen molar-refractivity contribution >= 4 is 11.0 Å². The second-order valence-corrected chi connectivity index (χ2v) is 5.01. The molecule has 0 aliphatic heterocycles. The van der Waals surface area contributed by atoms with E-state index in [9.17, 15) is 0 Å². The summed E-state index contributed by atoms with van der Waals surface area (Å²) in [7, 11) is 2.00. The number of hydrogen-bond acceptors (Lipinski definition) is 2. The lowest BCUT2D eigenvalue weighted by molar-refractivity contribution is 0.842. The van der Waals surface area contributed by atoms with Gasteiger partial charge >= 0.3 is 0 Å². The average molecular weight is 261 g/mol. The predicted molar refractivity (Wildman–Crippen MR) is 79.4 cm³/mol. The van der Waals surface area contributed by atoms with Gasteiger partial charge in [-0.2, -0.15) is 5.26 Å². The predicted octanol–water partition coefficient (Wildman–Crippen LogP) is 3.34. The van der Waals surface area contributed by atoms with Crippen LogP contribution < -0.4 is 0 Å². The Hall–Kier alpha value is -2.60. The summed E-state index contributed by atoms with van der Waals surface area (Å²) in [5.41, 5.74) is 5.18. The van der Waals surface area contributed by atoms with E-state index in [1.54, 1.807) is 0 Å². The van der Waals surface area contributed by atoms with Crippen LogP contribution in [0.3, 0.4) is 0 Å². The first-order chi connectivity index (χ1) is 9.69. The van der Waals surface area contributed by atoms with Crippen LogP contribution in [0.2, 0.25) is 0 Å². The van der Waals surface area contributed by atoms with E-state index in [1.807, 2.05) is 31.3 Å². The van der Waals surface area contributed by atoms with Gasteiger partial charge in [-0.25, -0.2) is 4.98 Å². The highest BCUT2D eigenvalue weighted by Crippen LogP contribution is 2.19. The zero-order valence-corrected chi connectivity index (χ0v) is 11.6. The van der Waals surface area contributed by atoms with E-state index < -0.39 is 0 Å². The molecule has 3 nitrogen and oxygen atoms in total. The van der Waals surface area contributed by atoms with Crippen LogP contribution in [-0.4, -0.2) is 9.55 Å². The lowest BCUT2D eigenvalue weighted by atomic mass is 10.1. The van der Waals surface area contributed by atoms with Crippen LogP contribution in [0.5, 0.6) is 0 Å². The van der Waals surface area contributed by atoms with E-state index in [1.165, 1.54) is 11.1 Å². The summed E-state index contributed by atoms with van der Waals surface area (Å²) in [4.78, 5) is 4.68. The summed E-state index contributed by atoms with van der Waals surface area (Å²) in [5, 5.41) is 8.99. The molecule has 0 unspecified atom stereocenters. The standard InChI is InChI=1S/C17H15N3/c1-12-5-3-4-6-14(12)10-17-19-15-8-7-13(11-18)9-16(15)20(17)2/h3-9H,10H2,1-2H3. The molecular weight excluding hydrogens is 246 g/mol. The van der Waals surface area contributed by atoms with E-state index in [4.69, 9.17) is 5.26 Å². The van der Waals surface area contributed by atoms with Gasteiger partial charge in [0.25, 0.3) is 0 Å². The highest BCUT2D eigenvalue weighted by Gasteiger charge is 2.10. The molecule has 3 rings (SSSR count). The van der Waals surface area contributed by atoms with Gasteiger partial charge in [0.05, 0.1) is 22.7 Å². The number of benzene rings is 2. The van der Waals surface area contributed by atoms with Crippen molar-refractivity contribution in [3.63, 3.8) is 0 Å². The molecule has 3 heteroatoms. The first-order valence-corrected chi connectivity index (χ1v) is 6.59. The highest BCUT2D eigenvalue weighted by molar-refractivity contribution is 5.77. The Balaban J connectivity index is 2.07. The van der Waals surface area contributed by atoms with E-state index in [2.05, 4.69) is 40.7 Å². The van der Waals surface area contributed by atoms with Gasteiger partial charge in [0, 0.05) is 13.5 Å². The van der Waals surface area contributed by atoms with E-state index >= 15 is 0 Å². The number of aromatic nitrogens is 2. The summed E-state index contributed by atoms with van der Waals surface area (Å²) in [6, 6.07) is 16.1. The fraction of sp³-hybridized carbons (Fsp3) is 0.176. The number of nitriles is 1. The molecule has 1 aromatic heterocycles. The van der Waals surface area contributed by atoms with Gasteiger partial charge in [0.1, 0.15) is 5.82 Å². The summed E-state index contributed by atoms with van der Waals surface area (Å²) in [6.07, 6.45) is 0.805. The van der Waals surface area contributed by atoms with Crippen molar-refractivity contribution in [3.05, 3.63) is 65.0 Å². The van der Waals surface area contributed by atoms with Gasteiger partial charge in [-0.05, 0) is 36.2 Å². The molecule has 2 aromatic carbocycles. The van der Waals surface area contributed by atoms with Crippen molar-refractivity contribution in [2.24, 2.45) is 7.05 Å².